The fourth-order valence-electron chi connectivity index (χ4n) is 3.60. The average Bonchev–Trinajstić information content (AvgIpc) is 2.78. The molecule has 1 N–H and O–H groups in total. The lowest BCUT2D eigenvalue weighted by atomic mass is 9.96. The number of aliphatic carboxylic acids is 1. The molecular weight excluding hydrogens is 228 g/mol. The second-order valence-electron chi connectivity index (χ2n) is 5.78. The smallest absolute Gasteiger partial charge is 0.317 e. The third-order valence-corrected chi connectivity index (χ3v) is 4.72. The summed E-state index contributed by atoms with van der Waals surface area (Å²) in [5.74, 6) is -0.690. The summed E-state index contributed by atoms with van der Waals surface area (Å²) in [6.07, 6.45) is 6.03. The van der Waals surface area contributed by atoms with Crippen LogP contribution in [0.4, 0.5) is 0 Å². The molecule has 104 valence electrons. The molecule has 18 heavy (non-hydrogen) atoms. The molecule has 0 amide bonds. The zero-order valence-electron chi connectivity index (χ0n) is 11.6. The predicted molar refractivity (Wildman–Crippen MR) is 71.7 cm³/mol. The Morgan fingerprint density at radius 1 is 1.39 bits per heavy atom. The topological polar surface area (TPSA) is 43.8 Å². The fourth-order valence-corrected chi connectivity index (χ4v) is 3.60. The SMILES string of the molecule is CCC(C)N(CC(=O)O)C1CCN2CCCCC12. The van der Waals surface area contributed by atoms with E-state index in [1.807, 2.05) is 0 Å². The maximum Gasteiger partial charge on any atom is 0.317 e. The van der Waals surface area contributed by atoms with E-state index in [2.05, 4.69) is 23.6 Å². The van der Waals surface area contributed by atoms with Gasteiger partial charge in [-0.25, -0.2) is 0 Å². The Balaban J connectivity index is 2.07. The predicted octanol–water partition coefficient (Wildman–Crippen LogP) is 1.80. The molecule has 4 nitrogen and oxygen atoms in total. The van der Waals surface area contributed by atoms with Crippen molar-refractivity contribution in [2.24, 2.45) is 0 Å². The molecule has 0 aliphatic carbocycles. The van der Waals surface area contributed by atoms with Crippen LogP contribution in [0.25, 0.3) is 0 Å². The van der Waals surface area contributed by atoms with E-state index in [0.29, 0.717) is 18.1 Å². The van der Waals surface area contributed by atoms with E-state index < -0.39 is 5.97 Å². The highest BCUT2D eigenvalue weighted by Gasteiger charge is 2.40. The van der Waals surface area contributed by atoms with Gasteiger partial charge in [0.1, 0.15) is 0 Å². The summed E-state index contributed by atoms with van der Waals surface area (Å²) in [6.45, 7) is 6.87. The molecule has 0 bridgehead atoms. The number of fused-ring (bicyclic) bond motifs is 1. The minimum absolute atomic E-state index is 0.198. The monoisotopic (exact) mass is 254 g/mol. The second kappa shape index (κ2) is 6.02. The number of rotatable bonds is 5. The number of carbonyl (C=O) groups is 1. The summed E-state index contributed by atoms with van der Waals surface area (Å²) in [5.41, 5.74) is 0. The standard InChI is InChI=1S/C14H26N2O2/c1-3-11(2)16(10-14(17)18)13-7-9-15-8-5-4-6-12(13)15/h11-13H,3-10H2,1-2H3,(H,17,18). The molecule has 2 heterocycles. The second-order valence-corrected chi connectivity index (χ2v) is 5.78. The van der Waals surface area contributed by atoms with Crippen molar-refractivity contribution in [1.82, 2.24) is 9.80 Å². The van der Waals surface area contributed by atoms with Gasteiger partial charge in [0.2, 0.25) is 0 Å². The minimum Gasteiger partial charge on any atom is -0.480 e. The van der Waals surface area contributed by atoms with Gasteiger partial charge in [-0.3, -0.25) is 14.6 Å². The molecule has 0 aromatic carbocycles. The van der Waals surface area contributed by atoms with Gasteiger partial charge in [0.25, 0.3) is 0 Å². The van der Waals surface area contributed by atoms with E-state index >= 15 is 0 Å². The fraction of sp³-hybridized carbons (Fsp3) is 0.929. The van der Waals surface area contributed by atoms with Gasteiger partial charge in [-0.1, -0.05) is 13.3 Å². The van der Waals surface area contributed by atoms with Crippen molar-refractivity contribution in [3.05, 3.63) is 0 Å². The molecule has 0 aromatic rings. The third kappa shape index (κ3) is 2.86. The average molecular weight is 254 g/mol. The van der Waals surface area contributed by atoms with Crippen LogP contribution >= 0.6 is 0 Å². The first-order valence-electron chi connectivity index (χ1n) is 7.35. The molecule has 0 saturated carbocycles. The summed E-state index contributed by atoms with van der Waals surface area (Å²) in [7, 11) is 0. The molecule has 0 aromatic heterocycles. The molecule has 2 saturated heterocycles. The van der Waals surface area contributed by atoms with E-state index in [-0.39, 0.29) is 6.54 Å². The molecular formula is C14H26N2O2. The van der Waals surface area contributed by atoms with E-state index in [1.165, 1.54) is 25.8 Å². The molecule has 0 spiro atoms. The van der Waals surface area contributed by atoms with Crippen LogP contribution < -0.4 is 0 Å². The molecule has 3 unspecified atom stereocenters. The van der Waals surface area contributed by atoms with E-state index in [0.717, 1.165) is 19.4 Å². The van der Waals surface area contributed by atoms with Gasteiger partial charge in [0.15, 0.2) is 0 Å². The van der Waals surface area contributed by atoms with Crippen LogP contribution in [0, 0.1) is 0 Å². The van der Waals surface area contributed by atoms with Crippen LogP contribution in [-0.2, 0) is 4.79 Å². The van der Waals surface area contributed by atoms with Crippen molar-refractivity contribution in [2.75, 3.05) is 19.6 Å². The highest BCUT2D eigenvalue weighted by molar-refractivity contribution is 5.69. The van der Waals surface area contributed by atoms with Crippen LogP contribution in [0.5, 0.6) is 0 Å². The van der Waals surface area contributed by atoms with Crippen molar-refractivity contribution in [1.29, 1.82) is 0 Å². The van der Waals surface area contributed by atoms with E-state index in [1.54, 1.807) is 0 Å². The van der Waals surface area contributed by atoms with Gasteiger partial charge in [0.05, 0.1) is 6.54 Å². The van der Waals surface area contributed by atoms with Gasteiger partial charge in [0, 0.05) is 24.7 Å². The molecule has 0 radical (unpaired) electrons. The quantitative estimate of drug-likeness (QED) is 0.812. The van der Waals surface area contributed by atoms with Crippen LogP contribution in [0.2, 0.25) is 0 Å². The van der Waals surface area contributed by atoms with Gasteiger partial charge < -0.3 is 5.11 Å². The van der Waals surface area contributed by atoms with Crippen LogP contribution in [-0.4, -0.2) is 58.6 Å². The van der Waals surface area contributed by atoms with Gasteiger partial charge in [-0.15, -0.1) is 0 Å². The van der Waals surface area contributed by atoms with Gasteiger partial charge in [-0.05, 0) is 39.2 Å². The molecule has 3 atom stereocenters. The third-order valence-electron chi connectivity index (χ3n) is 4.72. The van der Waals surface area contributed by atoms with Crippen molar-refractivity contribution >= 4 is 5.97 Å². The molecule has 2 fully saturated rings. The minimum atomic E-state index is -0.690. The summed E-state index contributed by atoms with van der Waals surface area (Å²) >= 11 is 0. The summed E-state index contributed by atoms with van der Waals surface area (Å²) in [4.78, 5) is 15.9. The van der Waals surface area contributed by atoms with E-state index in [9.17, 15) is 4.79 Å². The van der Waals surface area contributed by atoms with Crippen molar-refractivity contribution in [2.45, 2.75) is 64.1 Å². The zero-order chi connectivity index (χ0) is 13.1. The number of hydrogen-bond acceptors (Lipinski definition) is 3. The Labute approximate surface area is 110 Å². The number of piperidine rings is 1. The Kier molecular flexibility index (Phi) is 4.62. The summed E-state index contributed by atoms with van der Waals surface area (Å²) in [5, 5.41) is 9.13. The Morgan fingerprint density at radius 2 is 2.17 bits per heavy atom. The first-order valence-corrected chi connectivity index (χ1v) is 7.35. The first-order chi connectivity index (χ1) is 8.63. The summed E-state index contributed by atoms with van der Waals surface area (Å²) in [6, 6.07) is 1.43. The number of carboxylic acids is 1. The molecule has 4 heteroatoms. The highest BCUT2D eigenvalue weighted by atomic mass is 16.4. The maximum atomic E-state index is 11.1. The van der Waals surface area contributed by atoms with Crippen LogP contribution in [0.3, 0.4) is 0 Å². The summed E-state index contributed by atoms with van der Waals surface area (Å²) < 4.78 is 0. The molecule has 2 rings (SSSR count). The van der Waals surface area contributed by atoms with Gasteiger partial charge in [-0.2, -0.15) is 0 Å². The van der Waals surface area contributed by atoms with Gasteiger partial charge >= 0.3 is 5.97 Å². The van der Waals surface area contributed by atoms with Crippen molar-refractivity contribution in [3.8, 4) is 0 Å². The van der Waals surface area contributed by atoms with Crippen LogP contribution in [0.1, 0.15) is 46.0 Å². The first kappa shape index (κ1) is 13.8. The Morgan fingerprint density at radius 3 is 2.83 bits per heavy atom. The lowest BCUT2D eigenvalue weighted by molar-refractivity contribution is -0.139. The largest absolute Gasteiger partial charge is 0.480 e. The number of carboxylic acid groups (broad SMARTS) is 1. The number of hydrogen-bond donors (Lipinski definition) is 1. The highest BCUT2D eigenvalue weighted by Crippen LogP contribution is 2.31. The van der Waals surface area contributed by atoms with Crippen LogP contribution in [0.15, 0.2) is 0 Å². The van der Waals surface area contributed by atoms with Crippen molar-refractivity contribution < 1.29 is 9.90 Å². The molecule has 2 aliphatic heterocycles. The lowest BCUT2D eigenvalue weighted by Crippen LogP contribution is -2.51. The zero-order valence-corrected chi connectivity index (χ0v) is 11.6. The number of nitrogens with zero attached hydrogens (tertiary/aromatic N) is 2. The van der Waals surface area contributed by atoms with Crippen molar-refractivity contribution in [3.63, 3.8) is 0 Å². The Bertz CT molecular complexity index is 296. The normalized spacial score (nSPS) is 30.4. The molecule has 2 aliphatic rings. The lowest BCUT2D eigenvalue weighted by Gasteiger charge is -2.39. The maximum absolute atomic E-state index is 11.1. The van der Waals surface area contributed by atoms with E-state index in [4.69, 9.17) is 5.11 Å². The Hall–Kier alpha value is -0.610.